The molecular formula is C21H19N3O. The summed E-state index contributed by atoms with van der Waals surface area (Å²) in [6.07, 6.45) is 6.37. The highest BCUT2D eigenvalue weighted by atomic mass is 16.5. The molecule has 1 aliphatic rings. The van der Waals surface area contributed by atoms with Crippen molar-refractivity contribution in [2.24, 2.45) is 4.99 Å². The van der Waals surface area contributed by atoms with Gasteiger partial charge in [0.25, 0.3) is 0 Å². The number of hydrogen-bond acceptors (Lipinski definition) is 4. The number of nitrogens with zero attached hydrogens (tertiary/aromatic N) is 3. The largest absolute Gasteiger partial charge is 0.497 e. The van der Waals surface area contributed by atoms with Gasteiger partial charge in [-0.3, -0.25) is 4.99 Å². The fourth-order valence-electron chi connectivity index (χ4n) is 2.62. The normalized spacial score (nSPS) is 14.0. The highest BCUT2D eigenvalue weighted by Crippen LogP contribution is 2.22. The molecule has 4 heteroatoms. The lowest BCUT2D eigenvalue weighted by atomic mass is 10.1. The fraction of sp³-hybridized carbons (Fsp3) is 0.143. The lowest BCUT2D eigenvalue weighted by Gasteiger charge is -2.22. The topological polar surface area (TPSA) is 48.6 Å². The van der Waals surface area contributed by atoms with Crippen molar-refractivity contribution in [2.45, 2.75) is 13.0 Å². The van der Waals surface area contributed by atoms with Crippen LogP contribution in [0.4, 0.5) is 5.69 Å². The molecule has 2 aromatic carbocycles. The molecule has 0 fully saturated rings. The predicted molar refractivity (Wildman–Crippen MR) is 99.5 cm³/mol. The second kappa shape index (κ2) is 7.98. The quantitative estimate of drug-likeness (QED) is 0.754. The maximum Gasteiger partial charge on any atom is 0.119 e. The molecule has 1 aliphatic heterocycles. The van der Waals surface area contributed by atoms with Gasteiger partial charge in [0.05, 0.1) is 24.4 Å². The van der Waals surface area contributed by atoms with E-state index in [4.69, 9.17) is 4.74 Å². The minimum absolute atomic E-state index is 0.599. The summed E-state index contributed by atoms with van der Waals surface area (Å²) in [5.74, 6) is 0.805. The zero-order chi connectivity index (χ0) is 17.5. The van der Waals surface area contributed by atoms with Crippen LogP contribution in [0.1, 0.15) is 12.0 Å². The Bertz CT molecular complexity index is 843. The van der Waals surface area contributed by atoms with Gasteiger partial charge in [0.1, 0.15) is 5.75 Å². The summed E-state index contributed by atoms with van der Waals surface area (Å²) in [6.45, 7) is 0.728. The van der Waals surface area contributed by atoms with Gasteiger partial charge in [-0.2, -0.15) is 5.26 Å². The summed E-state index contributed by atoms with van der Waals surface area (Å²) < 4.78 is 5.15. The molecule has 0 atom stereocenters. The zero-order valence-electron chi connectivity index (χ0n) is 14.1. The van der Waals surface area contributed by atoms with Crippen LogP contribution >= 0.6 is 0 Å². The number of ether oxygens (including phenoxy) is 1. The summed E-state index contributed by atoms with van der Waals surface area (Å²) >= 11 is 0. The average molecular weight is 329 g/mol. The molecule has 4 nitrogen and oxygen atoms in total. The van der Waals surface area contributed by atoms with E-state index in [0.717, 1.165) is 29.1 Å². The Morgan fingerprint density at radius 1 is 1.12 bits per heavy atom. The van der Waals surface area contributed by atoms with Crippen LogP contribution in [0.25, 0.3) is 0 Å². The van der Waals surface area contributed by atoms with E-state index in [9.17, 15) is 5.26 Å². The van der Waals surface area contributed by atoms with Gasteiger partial charge in [0.15, 0.2) is 0 Å². The number of methoxy groups -OCH3 is 1. The third-order valence-electron chi connectivity index (χ3n) is 3.85. The summed E-state index contributed by atoms with van der Waals surface area (Å²) in [5.41, 5.74) is 3.78. The summed E-state index contributed by atoms with van der Waals surface area (Å²) in [6, 6.07) is 20.0. The lowest BCUT2D eigenvalue weighted by Crippen LogP contribution is -2.15. The van der Waals surface area contributed by atoms with Crippen LogP contribution in [0, 0.1) is 11.3 Å². The highest BCUT2D eigenvalue weighted by molar-refractivity contribution is 5.82. The van der Waals surface area contributed by atoms with Gasteiger partial charge >= 0.3 is 0 Å². The number of nitriles is 1. The third-order valence-corrected chi connectivity index (χ3v) is 3.85. The van der Waals surface area contributed by atoms with Gasteiger partial charge in [-0.1, -0.05) is 30.3 Å². The second-order valence-corrected chi connectivity index (χ2v) is 5.76. The van der Waals surface area contributed by atoms with Crippen LogP contribution in [0.15, 0.2) is 83.1 Å². The maximum absolute atomic E-state index is 9.31. The predicted octanol–water partition coefficient (Wildman–Crippen LogP) is 4.59. The highest BCUT2D eigenvalue weighted by Gasteiger charge is 2.11. The Morgan fingerprint density at radius 2 is 1.88 bits per heavy atom. The van der Waals surface area contributed by atoms with Crippen molar-refractivity contribution >= 4 is 11.9 Å². The smallest absolute Gasteiger partial charge is 0.119 e. The minimum Gasteiger partial charge on any atom is -0.497 e. The fourth-order valence-corrected chi connectivity index (χ4v) is 2.62. The molecule has 0 radical (unpaired) electrons. The average Bonchev–Trinajstić information content (AvgIpc) is 2.67. The van der Waals surface area contributed by atoms with Crippen LogP contribution in [-0.4, -0.2) is 18.2 Å². The van der Waals surface area contributed by atoms with Crippen molar-refractivity contribution in [1.29, 1.82) is 5.26 Å². The van der Waals surface area contributed by atoms with Crippen molar-refractivity contribution in [3.05, 3.63) is 83.7 Å². The monoisotopic (exact) mass is 329 g/mol. The molecule has 124 valence electrons. The second-order valence-electron chi connectivity index (χ2n) is 5.76. The van der Waals surface area contributed by atoms with E-state index < -0.39 is 0 Å². The molecule has 0 unspecified atom stereocenters. The van der Waals surface area contributed by atoms with E-state index >= 15 is 0 Å². The van der Waals surface area contributed by atoms with Crippen LogP contribution in [0.2, 0.25) is 0 Å². The zero-order valence-corrected chi connectivity index (χ0v) is 14.1. The SMILES string of the molecule is COc1ccc(N=CC2=CN(Cc3ccccc3)C=C(C#N)C2)cc1. The minimum atomic E-state index is 0.599. The number of benzene rings is 2. The molecule has 0 saturated heterocycles. The van der Waals surface area contributed by atoms with Gasteiger partial charge < -0.3 is 9.64 Å². The van der Waals surface area contributed by atoms with E-state index in [0.29, 0.717) is 6.42 Å². The third kappa shape index (κ3) is 4.58. The van der Waals surface area contributed by atoms with Gasteiger partial charge in [-0.25, -0.2) is 0 Å². The Kier molecular flexibility index (Phi) is 5.28. The Hall–Kier alpha value is -3.32. The van der Waals surface area contributed by atoms with Gasteiger partial charge in [-0.05, 0) is 35.4 Å². The van der Waals surface area contributed by atoms with Crippen LogP contribution in [0.3, 0.4) is 0 Å². The molecule has 0 aromatic heterocycles. The maximum atomic E-state index is 9.31. The first-order chi connectivity index (χ1) is 12.3. The molecule has 0 bridgehead atoms. The molecule has 0 spiro atoms. The number of aliphatic imine (C=N–C) groups is 1. The molecular weight excluding hydrogens is 310 g/mol. The number of hydrogen-bond donors (Lipinski definition) is 0. The first kappa shape index (κ1) is 16.5. The van der Waals surface area contributed by atoms with E-state index in [1.165, 1.54) is 5.56 Å². The van der Waals surface area contributed by atoms with Gasteiger partial charge in [0, 0.05) is 31.6 Å². The summed E-state index contributed by atoms with van der Waals surface area (Å²) in [5, 5.41) is 9.31. The van der Waals surface area contributed by atoms with Crippen LogP contribution < -0.4 is 4.74 Å². The Morgan fingerprint density at radius 3 is 2.56 bits per heavy atom. The first-order valence-corrected chi connectivity index (χ1v) is 8.06. The van der Waals surface area contributed by atoms with Crippen LogP contribution in [0.5, 0.6) is 5.75 Å². The first-order valence-electron chi connectivity index (χ1n) is 8.06. The molecule has 0 N–H and O–H groups in total. The van der Waals surface area contributed by atoms with E-state index in [1.807, 2.05) is 66.0 Å². The van der Waals surface area contributed by atoms with E-state index in [1.54, 1.807) is 7.11 Å². The van der Waals surface area contributed by atoms with Gasteiger partial charge in [0.2, 0.25) is 0 Å². The van der Waals surface area contributed by atoms with Crippen molar-refractivity contribution < 1.29 is 4.74 Å². The van der Waals surface area contributed by atoms with Gasteiger partial charge in [-0.15, -0.1) is 0 Å². The van der Waals surface area contributed by atoms with Crippen molar-refractivity contribution in [2.75, 3.05) is 7.11 Å². The Labute approximate surface area is 148 Å². The van der Waals surface area contributed by atoms with Crippen molar-refractivity contribution in [3.8, 4) is 11.8 Å². The van der Waals surface area contributed by atoms with Crippen molar-refractivity contribution in [3.63, 3.8) is 0 Å². The molecule has 1 heterocycles. The Balaban J connectivity index is 1.75. The molecule has 0 amide bonds. The van der Waals surface area contributed by atoms with E-state index in [-0.39, 0.29) is 0 Å². The van der Waals surface area contributed by atoms with Crippen LogP contribution in [-0.2, 0) is 6.54 Å². The standard InChI is InChI=1S/C21H19N3O/c1-25-21-9-7-20(8-10-21)23-13-19-11-18(12-22)15-24(16-19)14-17-5-3-2-4-6-17/h2-10,13,15-16H,11,14H2,1H3. The number of rotatable bonds is 5. The van der Waals surface area contributed by atoms with E-state index in [2.05, 4.69) is 23.2 Å². The molecule has 0 aliphatic carbocycles. The number of allylic oxidation sites excluding steroid dienone is 2. The molecule has 0 saturated carbocycles. The summed E-state index contributed by atoms with van der Waals surface area (Å²) in [7, 11) is 1.64. The molecule has 25 heavy (non-hydrogen) atoms. The summed E-state index contributed by atoms with van der Waals surface area (Å²) in [4.78, 5) is 6.54. The van der Waals surface area contributed by atoms with Crippen molar-refractivity contribution in [1.82, 2.24) is 4.90 Å². The lowest BCUT2D eigenvalue weighted by molar-refractivity contribution is 0.415. The molecule has 3 rings (SSSR count). The molecule has 2 aromatic rings.